The lowest BCUT2D eigenvalue weighted by Gasteiger charge is -2.38. The molecule has 1 aliphatic rings. The molecule has 1 saturated heterocycles. The molecule has 0 radical (unpaired) electrons. The second kappa shape index (κ2) is 12.6. The summed E-state index contributed by atoms with van der Waals surface area (Å²) in [4.78, 5) is 21.2. The Morgan fingerprint density at radius 2 is 1.96 bits per heavy atom. The fourth-order valence-electron chi connectivity index (χ4n) is 5.67. The van der Waals surface area contributed by atoms with E-state index in [4.69, 9.17) is 14.2 Å². The minimum absolute atomic E-state index is 0.0198. The highest BCUT2D eigenvalue weighted by Crippen LogP contribution is 2.45. The van der Waals surface area contributed by atoms with Gasteiger partial charge in [-0.25, -0.2) is 8.78 Å². The van der Waals surface area contributed by atoms with Gasteiger partial charge in [0, 0.05) is 37.4 Å². The molecule has 46 heavy (non-hydrogen) atoms. The van der Waals surface area contributed by atoms with Crippen molar-refractivity contribution >= 4 is 33.2 Å². The molecular formula is C31H29F5N4O6. The van der Waals surface area contributed by atoms with E-state index >= 15 is 8.78 Å². The molecule has 1 atom stereocenters. The van der Waals surface area contributed by atoms with E-state index in [-0.39, 0.29) is 59.8 Å². The molecule has 10 nitrogen and oxygen atoms in total. The van der Waals surface area contributed by atoms with E-state index in [1.165, 1.54) is 42.4 Å². The number of hydrogen-bond acceptors (Lipinski definition) is 9. The summed E-state index contributed by atoms with van der Waals surface area (Å²) < 4.78 is 86.8. The fraction of sp³-hybridized carbons (Fsp3) is 0.355. The number of aromatic nitrogens is 2. The largest absolute Gasteiger partial charge is 0.468 e. The van der Waals surface area contributed by atoms with E-state index in [0.29, 0.717) is 18.2 Å². The summed E-state index contributed by atoms with van der Waals surface area (Å²) in [5.41, 5.74) is -3.24. The zero-order valence-electron chi connectivity index (χ0n) is 24.8. The number of β-amino-alcohol motifs (C(OH)–C–C–N with tert-alkyl or cyclic N) is 1. The standard InChI is InChI=1S/C31H29F5N4O6/c1-4-6-19-22(32)8-7-17-11-18(46-16-44-3)12-20(24(17)19)25-23(40(42)43)13-21-27(26(25)33)37-29(45-15-31(34,35)36)38-28(21)39-10-5-9-30(2,41)14-39/h4,7-8,11-13,41H,1,5-6,9-10,14-16H2,2-3H3. The predicted molar refractivity (Wildman–Crippen MR) is 159 cm³/mol. The number of methoxy groups -OCH3 is 1. The Bertz CT molecular complexity index is 1830. The van der Waals surface area contributed by atoms with Gasteiger partial charge in [0.15, 0.2) is 19.2 Å². The van der Waals surface area contributed by atoms with Crippen LogP contribution in [0.15, 0.2) is 43.0 Å². The number of nitro benzene ring substituents is 1. The van der Waals surface area contributed by atoms with E-state index in [1.807, 2.05) is 0 Å². The maximum Gasteiger partial charge on any atom is 0.422 e. The number of nitro groups is 1. The van der Waals surface area contributed by atoms with Gasteiger partial charge in [-0.15, -0.1) is 6.58 Å². The van der Waals surface area contributed by atoms with Crippen LogP contribution in [-0.2, 0) is 11.2 Å². The normalized spacial score (nSPS) is 17.0. The van der Waals surface area contributed by atoms with Crippen LogP contribution in [0.3, 0.4) is 0 Å². The zero-order chi connectivity index (χ0) is 33.4. The predicted octanol–water partition coefficient (Wildman–Crippen LogP) is 6.64. The summed E-state index contributed by atoms with van der Waals surface area (Å²) in [7, 11) is 1.37. The van der Waals surface area contributed by atoms with Crippen molar-refractivity contribution in [2.24, 2.45) is 0 Å². The molecule has 1 N–H and O–H groups in total. The van der Waals surface area contributed by atoms with Gasteiger partial charge < -0.3 is 24.2 Å². The zero-order valence-corrected chi connectivity index (χ0v) is 24.8. The summed E-state index contributed by atoms with van der Waals surface area (Å²) >= 11 is 0. The van der Waals surface area contributed by atoms with E-state index in [9.17, 15) is 28.4 Å². The van der Waals surface area contributed by atoms with Crippen LogP contribution in [0.1, 0.15) is 25.3 Å². The SMILES string of the molecule is C=CCc1c(F)ccc2cc(OCOC)cc(-c3c([N+](=O)[O-])cc4c(N5CCCC(C)(O)C5)nc(OCC(F)(F)F)nc4c3F)c12. The summed E-state index contributed by atoms with van der Waals surface area (Å²) in [6.45, 7) is 3.39. The van der Waals surface area contributed by atoms with Crippen molar-refractivity contribution in [3.63, 3.8) is 0 Å². The highest BCUT2D eigenvalue weighted by Gasteiger charge is 2.35. The molecule has 1 fully saturated rings. The van der Waals surface area contributed by atoms with Crippen molar-refractivity contribution in [2.75, 3.05) is 38.5 Å². The van der Waals surface area contributed by atoms with E-state index in [2.05, 4.69) is 16.5 Å². The van der Waals surface area contributed by atoms with Crippen LogP contribution in [0.2, 0.25) is 0 Å². The first kappa shape index (κ1) is 32.8. The third kappa shape index (κ3) is 6.65. The monoisotopic (exact) mass is 648 g/mol. The number of rotatable bonds is 10. The van der Waals surface area contributed by atoms with E-state index in [1.54, 1.807) is 6.92 Å². The van der Waals surface area contributed by atoms with Crippen LogP contribution >= 0.6 is 0 Å². The topological polar surface area (TPSA) is 120 Å². The van der Waals surface area contributed by atoms with Crippen molar-refractivity contribution in [3.05, 3.63) is 70.3 Å². The molecule has 0 amide bonds. The quantitative estimate of drug-likeness (QED) is 0.0664. The number of anilines is 1. The Morgan fingerprint density at radius 1 is 1.20 bits per heavy atom. The van der Waals surface area contributed by atoms with Crippen LogP contribution in [0, 0.1) is 21.7 Å². The van der Waals surface area contributed by atoms with Crippen LogP contribution in [-0.4, -0.2) is 65.4 Å². The Morgan fingerprint density at radius 3 is 2.61 bits per heavy atom. The Labute approximate surface area is 259 Å². The fourth-order valence-corrected chi connectivity index (χ4v) is 5.67. The Hall–Kier alpha value is -4.63. The van der Waals surface area contributed by atoms with Crippen molar-refractivity contribution in [2.45, 2.75) is 38.0 Å². The molecule has 0 bridgehead atoms. The summed E-state index contributed by atoms with van der Waals surface area (Å²) in [6, 6.07) is 5.59. The van der Waals surface area contributed by atoms with Crippen LogP contribution in [0.4, 0.5) is 33.5 Å². The molecule has 0 spiro atoms. The third-order valence-electron chi connectivity index (χ3n) is 7.51. The number of aliphatic hydroxyl groups is 1. The van der Waals surface area contributed by atoms with E-state index in [0.717, 1.165) is 6.07 Å². The molecule has 15 heteroatoms. The van der Waals surface area contributed by atoms with Crippen molar-refractivity contribution < 1.29 is 46.2 Å². The van der Waals surface area contributed by atoms with Gasteiger partial charge in [0.05, 0.1) is 21.5 Å². The first-order valence-corrected chi connectivity index (χ1v) is 14.1. The Kier molecular flexibility index (Phi) is 9.00. The molecule has 2 heterocycles. The number of ether oxygens (including phenoxy) is 3. The van der Waals surface area contributed by atoms with Gasteiger partial charge in [0.1, 0.15) is 22.9 Å². The minimum atomic E-state index is -4.78. The van der Waals surface area contributed by atoms with Gasteiger partial charge in [-0.1, -0.05) is 12.1 Å². The lowest BCUT2D eigenvalue weighted by molar-refractivity contribution is -0.384. The van der Waals surface area contributed by atoms with Gasteiger partial charge in [-0.3, -0.25) is 10.1 Å². The minimum Gasteiger partial charge on any atom is -0.468 e. The number of piperidine rings is 1. The van der Waals surface area contributed by atoms with Gasteiger partial charge in [0.25, 0.3) is 5.69 Å². The summed E-state index contributed by atoms with van der Waals surface area (Å²) in [6.07, 6.45) is -2.54. The number of alkyl halides is 3. The number of fused-ring (bicyclic) bond motifs is 2. The van der Waals surface area contributed by atoms with Gasteiger partial charge in [0.2, 0.25) is 0 Å². The number of hydrogen-bond donors (Lipinski definition) is 1. The molecule has 1 aliphatic heterocycles. The van der Waals surface area contributed by atoms with Crippen molar-refractivity contribution in [3.8, 4) is 22.9 Å². The lowest BCUT2D eigenvalue weighted by Crippen LogP contribution is -2.46. The summed E-state index contributed by atoms with van der Waals surface area (Å²) in [5.74, 6) is -2.00. The van der Waals surface area contributed by atoms with Gasteiger partial charge in [-0.2, -0.15) is 23.1 Å². The molecule has 3 aromatic carbocycles. The maximum absolute atomic E-state index is 16.9. The van der Waals surface area contributed by atoms with Crippen molar-refractivity contribution in [1.29, 1.82) is 0 Å². The molecule has 244 valence electrons. The van der Waals surface area contributed by atoms with Gasteiger partial charge >= 0.3 is 12.2 Å². The smallest absolute Gasteiger partial charge is 0.422 e. The third-order valence-corrected chi connectivity index (χ3v) is 7.51. The second-order valence-electron chi connectivity index (χ2n) is 11.1. The lowest BCUT2D eigenvalue weighted by atomic mass is 9.90. The summed E-state index contributed by atoms with van der Waals surface area (Å²) in [5, 5.41) is 23.6. The molecule has 4 aromatic rings. The molecule has 1 unspecified atom stereocenters. The van der Waals surface area contributed by atoms with E-state index < -0.39 is 57.7 Å². The molecule has 0 saturated carbocycles. The molecule has 1 aromatic heterocycles. The van der Waals surface area contributed by atoms with Crippen LogP contribution in [0.25, 0.3) is 32.8 Å². The van der Waals surface area contributed by atoms with Gasteiger partial charge in [-0.05, 0) is 55.2 Å². The highest BCUT2D eigenvalue weighted by atomic mass is 19.4. The molecule has 5 rings (SSSR count). The first-order valence-electron chi connectivity index (χ1n) is 14.1. The van der Waals surface area contributed by atoms with Crippen LogP contribution in [0.5, 0.6) is 11.8 Å². The number of nitrogens with zero attached hydrogens (tertiary/aromatic N) is 4. The maximum atomic E-state index is 16.9. The number of allylic oxidation sites excluding steroid dienone is 1. The number of benzene rings is 3. The van der Waals surface area contributed by atoms with Crippen molar-refractivity contribution in [1.82, 2.24) is 9.97 Å². The molecular weight excluding hydrogens is 619 g/mol. The first-order chi connectivity index (χ1) is 21.7. The molecule has 0 aliphatic carbocycles. The second-order valence-corrected chi connectivity index (χ2v) is 11.1. The Balaban J connectivity index is 1.87. The average molecular weight is 649 g/mol. The highest BCUT2D eigenvalue weighted by molar-refractivity contribution is 6.06. The van der Waals surface area contributed by atoms with Crippen LogP contribution < -0.4 is 14.4 Å². The average Bonchev–Trinajstić information content (AvgIpc) is 2.99. The number of halogens is 5.